The predicted molar refractivity (Wildman–Crippen MR) is 98.6 cm³/mol. The van der Waals surface area contributed by atoms with Gasteiger partial charge in [0.15, 0.2) is 0 Å². The van der Waals surface area contributed by atoms with Gasteiger partial charge >= 0.3 is 6.09 Å². The zero-order chi connectivity index (χ0) is 18.1. The number of carbonyl (C=O) groups excluding carboxylic acids is 2. The Balaban J connectivity index is 1.46. The summed E-state index contributed by atoms with van der Waals surface area (Å²) in [6.45, 7) is 1.88. The molecule has 1 aromatic carbocycles. The van der Waals surface area contributed by atoms with Crippen molar-refractivity contribution in [2.75, 3.05) is 20.1 Å². The molecule has 1 saturated carbocycles. The Morgan fingerprint density at radius 2 is 1.77 bits per heavy atom. The summed E-state index contributed by atoms with van der Waals surface area (Å²) in [5.41, 5.74) is 2.13. The van der Waals surface area contributed by atoms with Crippen molar-refractivity contribution in [1.82, 2.24) is 9.80 Å². The monoisotopic (exact) mass is 356 g/mol. The van der Waals surface area contributed by atoms with Crippen molar-refractivity contribution in [3.63, 3.8) is 0 Å². The molecule has 0 atom stereocenters. The molecule has 2 amide bonds. The maximum absolute atomic E-state index is 13.1. The Hall–Kier alpha value is -2.04. The predicted octanol–water partition coefficient (Wildman–Crippen LogP) is 3.36. The van der Waals surface area contributed by atoms with Crippen molar-refractivity contribution in [1.29, 1.82) is 0 Å². The van der Waals surface area contributed by atoms with E-state index < -0.39 is 0 Å². The van der Waals surface area contributed by atoms with Crippen molar-refractivity contribution >= 4 is 12.0 Å². The lowest BCUT2D eigenvalue weighted by Gasteiger charge is -2.41. The van der Waals surface area contributed by atoms with Crippen LogP contribution in [0.5, 0.6) is 0 Å². The minimum Gasteiger partial charge on any atom is -0.446 e. The highest BCUT2D eigenvalue weighted by Crippen LogP contribution is 2.40. The van der Waals surface area contributed by atoms with Crippen LogP contribution in [-0.4, -0.2) is 48.0 Å². The fraction of sp³-hybridized carbons (Fsp3) is 0.619. The number of piperidine rings is 1. The second kappa shape index (κ2) is 6.93. The number of ether oxygens (including phenoxy) is 1. The molecule has 2 fully saturated rings. The Morgan fingerprint density at radius 1 is 1.12 bits per heavy atom. The fourth-order valence-electron chi connectivity index (χ4n) is 4.79. The van der Waals surface area contributed by atoms with Gasteiger partial charge in [0.1, 0.15) is 6.10 Å². The third-order valence-corrected chi connectivity index (χ3v) is 6.40. The summed E-state index contributed by atoms with van der Waals surface area (Å²) in [5.74, 6) is 0.220. The fourth-order valence-corrected chi connectivity index (χ4v) is 4.79. The number of amides is 2. The van der Waals surface area contributed by atoms with Gasteiger partial charge in [0.05, 0.1) is 5.41 Å². The quantitative estimate of drug-likeness (QED) is 0.775. The number of fused-ring (bicyclic) bond motifs is 1. The van der Waals surface area contributed by atoms with Gasteiger partial charge in [0, 0.05) is 26.7 Å². The number of likely N-dealkylation sites (tertiary alicyclic amines) is 1. The van der Waals surface area contributed by atoms with E-state index in [0.717, 1.165) is 32.1 Å². The maximum atomic E-state index is 13.1. The van der Waals surface area contributed by atoms with Crippen LogP contribution in [0.25, 0.3) is 0 Å². The molecule has 2 heterocycles. The van der Waals surface area contributed by atoms with Crippen LogP contribution in [0.3, 0.4) is 0 Å². The maximum Gasteiger partial charge on any atom is 0.410 e. The van der Waals surface area contributed by atoms with Crippen LogP contribution >= 0.6 is 0 Å². The number of hydrogen-bond donors (Lipinski definition) is 0. The van der Waals surface area contributed by atoms with Crippen LogP contribution in [0, 0.1) is 5.41 Å². The first kappa shape index (κ1) is 17.4. The van der Waals surface area contributed by atoms with E-state index in [1.54, 1.807) is 4.90 Å². The van der Waals surface area contributed by atoms with Crippen LogP contribution in [0.1, 0.15) is 49.7 Å². The Bertz CT molecular complexity index is 688. The Labute approximate surface area is 155 Å². The smallest absolute Gasteiger partial charge is 0.410 e. The molecule has 0 radical (unpaired) electrons. The Morgan fingerprint density at radius 3 is 2.46 bits per heavy atom. The molecule has 2 aliphatic heterocycles. The molecule has 140 valence electrons. The molecular weight excluding hydrogens is 328 g/mol. The molecule has 5 heteroatoms. The van der Waals surface area contributed by atoms with E-state index in [0.29, 0.717) is 32.5 Å². The molecule has 0 aromatic heterocycles. The van der Waals surface area contributed by atoms with Gasteiger partial charge in [-0.25, -0.2) is 4.79 Å². The third kappa shape index (κ3) is 3.19. The molecular formula is C21H28N2O3. The van der Waals surface area contributed by atoms with Gasteiger partial charge in [-0.3, -0.25) is 4.79 Å². The minimum absolute atomic E-state index is 0.0934. The van der Waals surface area contributed by atoms with Crippen LogP contribution in [0.15, 0.2) is 24.3 Å². The highest BCUT2D eigenvalue weighted by molar-refractivity contribution is 5.84. The van der Waals surface area contributed by atoms with E-state index in [2.05, 4.69) is 18.2 Å². The number of nitrogens with zero attached hydrogens (tertiary/aromatic N) is 2. The Kier molecular flexibility index (Phi) is 4.63. The van der Waals surface area contributed by atoms with Gasteiger partial charge in [0.25, 0.3) is 0 Å². The summed E-state index contributed by atoms with van der Waals surface area (Å²) >= 11 is 0. The van der Waals surface area contributed by atoms with Gasteiger partial charge in [-0.15, -0.1) is 0 Å². The molecule has 4 rings (SSSR count). The zero-order valence-electron chi connectivity index (χ0n) is 15.6. The van der Waals surface area contributed by atoms with E-state index in [-0.39, 0.29) is 23.5 Å². The number of hydrogen-bond acceptors (Lipinski definition) is 3. The summed E-state index contributed by atoms with van der Waals surface area (Å²) < 4.78 is 5.65. The molecule has 1 aliphatic carbocycles. The highest BCUT2D eigenvalue weighted by Gasteiger charge is 2.45. The number of rotatable bonds is 1. The van der Waals surface area contributed by atoms with E-state index in [4.69, 9.17) is 4.74 Å². The number of benzene rings is 1. The molecule has 0 unspecified atom stereocenters. The van der Waals surface area contributed by atoms with E-state index in [1.165, 1.54) is 11.1 Å². The van der Waals surface area contributed by atoms with E-state index >= 15 is 0 Å². The average molecular weight is 356 g/mol. The summed E-state index contributed by atoms with van der Waals surface area (Å²) in [7, 11) is 1.90. The first-order valence-corrected chi connectivity index (χ1v) is 9.85. The van der Waals surface area contributed by atoms with Crippen molar-refractivity contribution in [2.45, 2.75) is 57.6 Å². The average Bonchev–Trinajstić information content (AvgIpc) is 3.13. The van der Waals surface area contributed by atoms with Crippen molar-refractivity contribution in [3.05, 3.63) is 35.4 Å². The summed E-state index contributed by atoms with van der Waals surface area (Å²) in [6.07, 6.45) is 6.39. The van der Waals surface area contributed by atoms with Crippen molar-refractivity contribution in [3.8, 4) is 0 Å². The first-order chi connectivity index (χ1) is 12.6. The summed E-state index contributed by atoms with van der Waals surface area (Å²) in [4.78, 5) is 29.2. The van der Waals surface area contributed by atoms with Gasteiger partial charge in [0.2, 0.25) is 5.91 Å². The largest absolute Gasteiger partial charge is 0.446 e. The second-order valence-corrected chi connectivity index (χ2v) is 8.16. The van der Waals surface area contributed by atoms with Crippen LogP contribution in [0.2, 0.25) is 0 Å². The molecule has 3 aliphatic rings. The summed E-state index contributed by atoms with van der Waals surface area (Å²) in [5, 5.41) is 0. The SMILES string of the molecule is CN1Cc2ccccc2CC2(CCN(C(=O)OC3CCCC3)CC2)C1=O. The van der Waals surface area contributed by atoms with E-state index in [9.17, 15) is 9.59 Å². The molecule has 26 heavy (non-hydrogen) atoms. The topological polar surface area (TPSA) is 49.9 Å². The molecule has 5 nitrogen and oxygen atoms in total. The van der Waals surface area contributed by atoms with Crippen molar-refractivity contribution in [2.24, 2.45) is 5.41 Å². The molecule has 1 saturated heterocycles. The van der Waals surface area contributed by atoms with Crippen LogP contribution < -0.4 is 0 Å². The molecule has 1 spiro atoms. The lowest BCUT2D eigenvalue weighted by atomic mass is 9.73. The van der Waals surface area contributed by atoms with Gasteiger partial charge in [-0.2, -0.15) is 0 Å². The zero-order valence-corrected chi connectivity index (χ0v) is 15.6. The number of carbonyl (C=O) groups is 2. The van der Waals surface area contributed by atoms with Crippen molar-refractivity contribution < 1.29 is 14.3 Å². The van der Waals surface area contributed by atoms with Gasteiger partial charge < -0.3 is 14.5 Å². The summed E-state index contributed by atoms with van der Waals surface area (Å²) in [6, 6.07) is 8.35. The van der Waals surface area contributed by atoms with E-state index in [1.807, 2.05) is 18.0 Å². The molecule has 1 aromatic rings. The normalized spacial score (nSPS) is 23.0. The van der Waals surface area contributed by atoms with Gasteiger partial charge in [-0.05, 0) is 56.1 Å². The lowest BCUT2D eigenvalue weighted by molar-refractivity contribution is -0.143. The van der Waals surface area contributed by atoms with Crippen LogP contribution in [0.4, 0.5) is 4.79 Å². The standard InChI is InChI=1S/C21H28N2O3/c1-22-15-17-7-3-2-6-16(17)14-21(19(22)24)10-12-23(13-11-21)20(25)26-18-8-4-5-9-18/h2-3,6-7,18H,4-5,8-15H2,1H3. The minimum atomic E-state index is -0.383. The van der Waals surface area contributed by atoms with Gasteiger partial charge in [-0.1, -0.05) is 24.3 Å². The first-order valence-electron chi connectivity index (χ1n) is 9.85. The van der Waals surface area contributed by atoms with Crippen LogP contribution in [-0.2, 0) is 22.5 Å². The highest BCUT2D eigenvalue weighted by atomic mass is 16.6. The molecule has 0 bridgehead atoms. The molecule has 0 N–H and O–H groups in total. The second-order valence-electron chi connectivity index (χ2n) is 8.16. The lowest BCUT2D eigenvalue weighted by Crippen LogP contribution is -2.50. The third-order valence-electron chi connectivity index (χ3n) is 6.40.